The topological polar surface area (TPSA) is 16.6 Å². The van der Waals surface area contributed by atoms with Crippen LogP contribution in [0.15, 0.2) is 0 Å². The summed E-state index contributed by atoms with van der Waals surface area (Å²) in [5.74, 6) is 0. The van der Waals surface area contributed by atoms with Crippen molar-refractivity contribution in [1.29, 1.82) is 0 Å². The molecule has 0 aromatic carbocycles. The molecule has 0 saturated carbocycles. The minimum Gasteiger partial charge on any atom is -1.00 e. The quantitative estimate of drug-likeness (QED) is 0.461. The molecule has 0 fully saturated rings. The van der Waals surface area contributed by atoms with E-state index in [1.807, 2.05) is 0 Å². The Hall–Kier alpha value is 0.250. The van der Waals surface area contributed by atoms with Gasteiger partial charge in [-0.25, -0.2) is 0 Å². The normalized spacial score (nSPS) is 10.3. The molecule has 0 amide bonds. The summed E-state index contributed by atoms with van der Waals surface area (Å²) in [6.45, 7) is 7.26. The first-order valence-corrected chi connectivity index (χ1v) is 8.23. The van der Waals surface area contributed by atoms with E-state index in [2.05, 4.69) is 19.2 Å². The Bertz CT molecular complexity index is 114. The smallest absolute Gasteiger partial charge is 0.0755 e. The van der Waals surface area contributed by atoms with Gasteiger partial charge in [-0.1, -0.05) is 71.6 Å². The second-order valence-electron chi connectivity index (χ2n) is 5.40. The van der Waals surface area contributed by atoms with Gasteiger partial charge in [-0.05, 0) is 19.3 Å². The van der Waals surface area contributed by atoms with Crippen LogP contribution >= 0.6 is 0 Å². The lowest BCUT2D eigenvalue weighted by atomic mass is 10.1. The van der Waals surface area contributed by atoms with Gasteiger partial charge in [0.1, 0.15) is 0 Å². The second-order valence-corrected chi connectivity index (χ2v) is 5.40. The van der Waals surface area contributed by atoms with Crippen molar-refractivity contribution in [3.05, 3.63) is 0 Å². The van der Waals surface area contributed by atoms with Crippen LogP contribution in [0.2, 0.25) is 0 Å². The Labute approximate surface area is 122 Å². The molecular weight excluding hydrogens is 242 g/mol. The Kier molecular flexibility index (Phi) is 22.4. The molecule has 0 bridgehead atoms. The summed E-state index contributed by atoms with van der Waals surface area (Å²) in [4.78, 5) is 0. The van der Waals surface area contributed by atoms with Gasteiger partial charge in [-0.2, -0.15) is 0 Å². The minimum absolute atomic E-state index is 0. The number of hydrogen-bond donors (Lipinski definition) is 1. The first kappa shape index (κ1) is 20.6. The first-order chi connectivity index (χ1) is 8.41. The van der Waals surface area contributed by atoms with E-state index in [1.165, 1.54) is 90.1 Å². The summed E-state index contributed by atoms with van der Waals surface area (Å²) in [5, 5.41) is 2.49. The third-order valence-electron chi connectivity index (χ3n) is 3.52. The zero-order valence-corrected chi connectivity index (χ0v) is 13.6. The van der Waals surface area contributed by atoms with E-state index in [0.717, 1.165) is 0 Å². The maximum Gasteiger partial charge on any atom is 0.0755 e. The summed E-state index contributed by atoms with van der Waals surface area (Å²) in [5.41, 5.74) is 0. The molecule has 2 N–H and O–H groups in total. The molecule has 0 saturated heterocycles. The molecule has 0 rings (SSSR count). The molecule has 0 aliphatic rings. The molecule has 1 nitrogen and oxygen atoms in total. The van der Waals surface area contributed by atoms with Gasteiger partial charge < -0.3 is 17.7 Å². The van der Waals surface area contributed by atoms with E-state index in [4.69, 9.17) is 0 Å². The van der Waals surface area contributed by atoms with Crippen molar-refractivity contribution in [2.45, 2.75) is 90.9 Å². The van der Waals surface area contributed by atoms with E-state index in [9.17, 15) is 0 Å². The van der Waals surface area contributed by atoms with Gasteiger partial charge >= 0.3 is 0 Å². The standard InChI is InChI=1S/C16H35N.ClH/c1-3-5-7-8-9-10-11-12-13-14-16-17-15-6-4-2;/h17H,3-16H2,1-2H3;1H. The summed E-state index contributed by atoms with van der Waals surface area (Å²) >= 11 is 0. The lowest BCUT2D eigenvalue weighted by Gasteiger charge is -2.02. The molecule has 0 spiro atoms. The van der Waals surface area contributed by atoms with Crippen molar-refractivity contribution < 1.29 is 17.7 Å². The van der Waals surface area contributed by atoms with Crippen molar-refractivity contribution in [3.8, 4) is 0 Å². The van der Waals surface area contributed by atoms with Gasteiger partial charge in [0.25, 0.3) is 0 Å². The zero-order chi connectivity index (χ0) is 12.6. The molecule has 0 aromatic heterocycles. The van der Waals surface area contributed by atoms with Crippen LogP contribution < -0.4 is 17.7 Å². The molecule has 0 radical (unpaired) electrons. The van der Waals surface area contributed by atoms with Crippen molar-refractivity contribution in [3.63, 3.8) is 0 Å². The maximum absolute atomic E-state index is 2.49. The third kappa shape index (κ3) is 18.6. The summed E-state index contributed by atoms with van der Waals surface area (Å²) in [6, 6.07) is 0. The van der Waals surface area contributed by atoms with E-state index in [0.29, 0.717) is 0 Å². The van der Waals surface area contributed by atoms with Crippen LogP contribution in [0.25, 0.3) is 0 Å². The van der Waals surface area contributed by atoms with Crippen LogP contribution in [0.3, 0.4) is 0 Å². The van der Waals surface area contributed by atoms with Gasteiger partial charge in [0.2, 0.25) is 0 Å². The Morgan fingerprint density at radius 3 is 1.39 bits per heavy atom. The highest BCUT2D eigenvalue weighted by molar-refractivity contribution is 4.46. The lowest BCUT2D eigenvalue weighted by Crippen LogP contribution is -3.00. The molecule has 0 heterocycles. The average Bonchev–Trinajstić information content (AvgIpc) is 2.35. The number of halogens is 1. The zero-order valence-electron chi connectivity index (χ0n) is 12.9. The largest absolute Gasteiger partial charge is 1.00 e. The lowest BCUT2D eigenvalue weighted by molar-refractivity contribution is -0.655. The van der Waals surface area contributed by atoms with Crippen LogP contribution in [0, 0.1) is 0 Å². The van der Waals surface area contributed by atoms with Crippen molar-refractivity contribution >= 4 is 0 Å². The molecule has 0 aromatic rings. The highest BCUT2D eigenvalue weighted by Crippen LogP contribution is 2.09. The molecule has 0 unspecified atom stereocenters. The number of rotatable bonds is 14. The van der Waals surface area contributed by atoms with Crippen molar-refractivity contribution in [2.24, 2.45) is 0 Å². The third-order valence-corrected chi connectivity index (χ3v) is 3.52. The molecule has 112 valence electrons. The number of hydrogen-bond acceptors (Lipinski definition) is 0. The van der Waals surface area contributed by atoms with E-state index in [-0.39, 0.29) is 12.4 Å². The highest BCUT2D eigenvalue weighted by atomic mass is 35.5. The van der Waals surface area contributed by atoms with Crippen LogP contribution in [0.1, 0.15) is 90.9 Å². The molecule has 18 heavy (non-hydrogen) atoms. The summed E-state index contributed by atoms with van der Waals surface area (Å²) < 4.78 is 0. The van der Waals surface area contributed by atoms with Crippen molar-refractivity contribution in [2.75, 3.05) is 13.1 Å². The average molecular weight is 278 g/mol. The van der Waals surface area contributed by atoms with Gasteiger partial charge in [0.15, 0.2) is 0 Å². The van der Waals surface area contributed by atoms with Gasteiger partial charge in [0.05, 0.1) is 13.1 Å². The predicted octanol–water partition coefficient (Wildman–Crippen LogP) is 1.27. The van der Waals surface area contributed by atoms with Crippen LogP contribution in [-0.4, -0.2) is 13.1 Å². The van der Waals surface area contributed by atoms with Crippen LogP contribution in [0.5, 0.6) is 0 Å². The molecule has 0 aliphatic heterocycles. The highest BCUT2D eigenvalue weighted by Gasteiger charge is 1.94. The van der Waals surface area contributed by atoms with E-state index >= 15 is 0 Å². The number of nitrogens with two attached hydrogens (primary N) is 1. The fourth-order valence-electron chi connectivity index (χ4n) is 2.27. The summed E-state index contributed by atoms with van der Waals surface area (Å²) in [7, 11) is 0. The Balaban J connectivity index is 0. The maximum atomic E-state index is 2.49. The molecule has 0 atom stereocenters. The minimum atomic E-state index is 0. The predicted molar refractivity (Wildman–Crippen MR) is 78.4 cm³/mol. The summed E-state index contributed by atoms with van der Waals surface area (Å²) in [6.07, 6.45) is 17.2. The fraction of sp³-hybridized carbons (Fsp3) is 1.00. The molecule has 0 aliphatic carbocycles. The van der Waals surface area contributed by atoms with Gasteiger partial charge in [-0.15, -0.1) is 0 Å². The molecule has 2 heteroatoms. The molecular formula is C16H36ClN. The van der Waals surface area contributed by atoms with Gasteiger partial charge in [-0.3, -0.25) is 0 Å². The van der Waals surface area contributed by atoms with Gasteiger partial charge in [0, 0.05) is 0 Å². The monoisotopic (exact) mass is 277 g/mol. The fourth-order valence-corrected chi connectivity index (χ4v) is 2.27. The second kappa shape index (κ2) is 19.6. The van der Waals surface area contributed by atoms with Crippen LogP contribution in [0.4, 0.5) is 0 Å². The Morgan fingerprint density at radius 1 is 0.500 bits per heavy atom. The van der Waals surface area contributed by atoms with Crippen molar-refractivity contribution in [1.82, 2.24) is 0 Å². The number of quaternary nitrogens is 1. The van der Waals surface area contributed by atoms with E-state index in [1.54, 1.807) is 0 Å². The Morgan fingerprint density at radius 2 is 0.889 bits per heavy atom. The number of unbranched alkanes of at least 4 members (excludes halogenated alkanes) is 10. The SMILES string of the molecule is CCCCCCCCCCCC[NH2+]CCCC.[Cl-]. The van der Waals surface area contributed by atoms with E-state index < -0.39 is 0 Å². The van der Waals surface area contributed by atoms with Crippen LogP contribution in [-0.2, 0) is 0 Å². The first-order valence-electron chi connectivity index (χ1n) is 8.23.